The van der Waals surface area contributed by atoms with Crippen molar-refractivity contribution in [3.63, 3.8) is 0 Å². The fraction of sp³-hybridized carbons (Fsp3) is 0.290. The molecule has 2 aromatic heterocycles. The summed E-state index contributed by atoms with van der Waals surface area (Å²) in [6, 6.07) is 14.9. The van der Waals surface area contributed by atoms with E-state index in [1.807, 2.05) is 20.8 Å². The molecule has 236 valence electrons. The third kappa shape index (κ3) is 7.97. The topological polar surface area (TPSA) is 136 Å². The lowest BCUT2D eigenvalue weighted by Gasteiger charge is -2.34. The summed E-state index contributed by atoms with van der Waals surface area (Å²) in [5, 5.41) is 3.29. The highest BCUT2D eigenvalue weighted by atomic mass is 35.5. The number of anilines is 2. The molecule has 0 spiro atoms. The minimum Gasteiger partial charge on any atom is -0.444 e. The Morgan fingerprint density at radius 2 is 1.84 bits per heavy atom. The summed E-state index contributed by atoms with van der Waals surface area (Å²) >= 11 is 6.05. The standard InChI is InChI=1S/C31H32ClFN6O5S/c1-31(2,3)44-30(40)39-18-8-9-20(19-39)36-29-35-17-15-23(37-29)21-10-7-16-34-28(21)43-25-13-6-12-24(27(25)33)38-45(41,42)26-14-5-4-11-22(26)32/h4-7,10-17,20,38H,8-9,18-19H2,1-3H3,(H,35,36,37)/t20-/m0/s1. The molecule has 11 nitrogen and oxygen atoms in total. The van der Waals surface area contributed by atoms with Crippen LogP contribution in [0.1, 0.15) is 33.6 Å². The Bertz CT molecular complexity index is 1800. The van der Waals surface area contributed by atoms with Gasteiger partial charge in [-0.1, -0.05) is 29.8 Å². The van der Waals surface area contributed by atoms with E-state index >= 15 is 4.39 Å². The lowest BCUT2D eigenvalue weighted by molar-refractivity contribution is 0.0206. The Morgan fingerprint density at radius 3 is 2.62 bits per heavy atom. The number of nitrogens with zero attached hydrogens (tertiary/aromatic N) is 4. The zero-order valence-corrected chi connectivity index (χ0v) is 26.4. The number of carbonyl (C=O) groups excluding carboxylic acids is 1. The number of aromatic nitrogens is 3. The number of ether oxygens (including phenoxy) is 2. The zero-order valence-electron chi connectivity index (χ0n) is 24.8. The van der Waals surface area contributed by atoms with Gasteiger partial charge in [0.2, 0.25) is 11.8 Å². The lowest BCUT2D eigenvalue weighted by Crippen LogP contribution is -2.47. The largest absolute Gasteiger partial charge is 0.444 e. The summed E-state index contributed by atoms with van der Waals surface area (Å²) in [5.74, 6) is -0.825. The van der Waals surface area contributed by atoms with Crippen LogP contribution in [-0.4, -0.2) is 59.1 Å². The van der Waals surface area contributed by atoms with E-state index in [0.29, 0.717) is 30.3 Å². The van der Waals surface area contributed by atoms with Crippen LogP contribution in [0.2, 0.25) is 5.02 Å². The molecule has 0 saturated carbocycles. The number of benzene rings is 2. The highest BCUT2D eigenvalue weighted by Crippen LogP contribution is 2.35. The summed E-state index contributed by atoms with van der Waals surface area (Å²) in [6.45, 7) is 6.52. The van der Waals surface area contributed by atoms with E-state index in [9.17, 15) is 13.2 Å². The molecule has 5 rings (SSSR count). The number of nitrogens with one attached hydrogen (secondary N) is 2. The first-order valence-corrected chi connectivity index (χ1v) is 16.0. The Kier molecular flexibility index (Phi) is 9.40. The molecule has 0 radical (unpaired) electrons. The SMILES string of the molecule is CC(C)(C)OC(=O)N1CCC[C@H](Nc2nccc(-c3cccnc3Oc3cccc(NS(=O)(=O)c4ccccc4Cl)c3F)n2)C1. The number of amides is 1. The van der Waals surface area contributed by atoms with Gasteiger partial charge >= 0.3 is 6.09 Å². The Labute approximate surface area is 265 Å². The summed E-state index contributed by atoms with van der Waals surface area (Å²) in [6.07, 6.45) is 4.28. The van der Waals surface area contributed by atoms with Crippen LogP contribution in [0.4, 0.5) is 20.8 Å². The number of rotatable bonds is 8. The van der Waals surface area contributed by atoms with Crippen LogP contribution >= 0.6 is 11.6 Å². The zero-order chi connectivity index (χ0) is 32.2. The predicted octanol–water partition coefficient (Wildman–Crippen LogP) is 6.74. The second kappa shape index (κ2) is 13.2. The highest BCUT2D eigenvalue weighted by molar-refractivity contribution is 7.92. The number of sulfonamides is 1. The van der Waals surface area contributed by atoms with Gasteiger partial charge in [-0.15, -0.1) is 0 Å². The van der Waals surface area contributed by atoms with Gasteiger partial charge in [0.15, 0.2) is 11.6 Å². The maximum absolute atomic E-state index is 15.6. The van der Waals surface area contributed by atoms with Gasteiger partial charge in [0, 0.05) is 31.5 Å². The van der Waals surface area contributed by atoms with Crippen LogP contribution in [0, 0.1) is 5.82 Å². The van der Waals surface area contributed by atoms with Crippen molar-refractivity contribution < 1.29 is 27.1 Å². The van der Waals surface area contributed by atoms with Crippen molar-refractivity contribution in [1.29, 1.82) is 0 Å². The van der Waals surface area contributed by atoms with Gasteiger partial charge in [0.1, 0.15) is 10.5 Å². The first-order chi connectivity index (χ1) is 21.4. The van der Waals surface area contributed by atoms with Crippen LogP contribution in [0.15, 0.2) is 78.0 Å². The summed E-state index contributed by atoms with van der Waals surface area (Å²) in [5.41, 5.74) is -0.0195. The molecule has 0 unspecified atom stereocenters. The Morgan fingerprint density at radius 1 is 1.04 bits per heavy atom. The van der Waals surface area contributed by atoms with Crippen LogP contribution in [0.5, 0.6) is 11.6 Å². The minimum absolute atomic E-state index is 0.00139. The van der Waals surface area contributed by atoms with Crippen LogP contribution in [-0.2, 0) is 14.8 Å². The molecule has 4 aromatic rings. The van der Waals surface area contributed by atoms with Gasteiger partial charge in [-0.3, -0.25) is 4.72 Å². The third-order valence-electron chi connectivity index (χ3n) is 6.65. The maximum Gasteiger partial charge on any atom is 0.410 e. The number of pyridine rings is 1. The summed E-state index contributed by atoms with van der Waals surface area (Å²) in [7, 11) is -4.19. The van der Waals surface area contributed by atoms with E-state index in [0.717, 1.165) is 12.8 Å². The molecule has 1 amide bonds. The van der Waals surface area contributed by atoms with E-state index in [1.54, 1.807) is 35.4 Å². The first kappa shape index (κ1) is 31.9. The van der Waals surface area contributed by atoms with Gasteiger partial charge in [-0.05, 0) is 76.1 Å². The van der Waals surface area contributed by atoms with Gasteiger partial charge in [0.25, 0.3) is 10.0 Å². The van der Waals surface area contributed by atoms with Gasteiger partial charge in [-0.2, -0.15) is 0 Å². The average molecular weight is 655 g/mol. The molecule has 1 aliphatic rings. The van der Waals surface area contributed by atoms with E-state index in [1.165, 1.54) is 42.6 Å². The predicted molar refractivity (Wildman–Crippen MR) is 168 cm³/mol. The fourth-order valence-corrected chi connectivity index (χ4v) is 6.23. The van der Waals surface area contributed by atoms with Crippen molar-refractivity contribution in [3.05, 3.63) is 83.9 Å². The molecular weight excluding hydrogens is 623 g/mol. The van der Waals surface area contributed by atoms with Crippen molar-refractivity contribution in [2.75, 3.05) is 23.1 Å². The second-order valence-electron chi connectivity index (χ2n) is 11.3. The van der Waals surface area contributed by atoms with Crippen molar-refractivity contribution in [2.45, 2.75) is 50.2 Å². The smallest absolute Gasteiger partial charge is 0.410 e. The molecule has 1 fully saturated rings. The Hall–Kier alpha value is -4.49. The molecule has 1 saturated heterocycles. The van der Waals surface area contributed by atoms with Crippen LogP contribution in [0.3, 0.4) is 0 Å². The van der Waals surface area contributed by atoms with Gasteiger partial charge < -0.3 is 19.7 Å². The summed E-state index contributed by atoms with van der Waals surface area (Å²) in [4.78, 5) is 27.3. The molecule has 45 heavy (non-hydrogen) atoms. The van der Waals surface area contributed by atoms with E-state index in [-0.39, 0.29) is 39.4 Å². The molecule has 0 bridgehead atoms. The normalized spacial score (nSPS) is 15.3. The number of likely N-dealkylation sites (tertiary alicyclic amines) is 1. The first-order valence-electron chi connectivity index (χ1n) is 14.2. The van der Waals surface area contributed by atoms with Crippen molar-refractivity contribution in [3.8, 4) is 22.9 Å². The third-order valence-corrected chi connectivity index (χ3v) is 8.51. The molecule has 14 heteroatoms. The highest BCUT2D eigenvalue weighted by Gasteiger charge is 2.28. The number of carbonyl (C=O) groups is 1. The van der Waals surface area contributed by atoms with E-state index in [2.05, 4.69) is 25.0 Å². The maximum atomic E-state index is 15.6. The monoisotopic (exact) mass is 654 g/mol. The van der Waals surface area contributed by atoms with Crippen molar-refractivity contribution in [2.24, 2.45) is 0 Å². The molecule has 1 atom stereocenters. The molecule has 2 N–H and O–H groups in total. The number of halogens is 2. The van der Waals surface area contributed by atoms with Crippen molar-refractivity contribution >= 4 is 39.4 Å². The number of piperidine rings is 1. The van der Waals surface area contributed by atoms with Crippen LogP contribution in [0.25, 0.3) is 11.3 Å². The van der Waals surface area contributed by atoms with Gasteiger partial charge in [-0.25, -0.2) is 32.6 Å². The number of hydrogen-bond acceptors (Lipinski definition) is 9. The molecular formula is C31H32ClFN6O5S. The van der Waals surface area contributed by atoms with Crippen LogP contribution < -0.4 is 14.8 Å². The molecule has 2 aromatic carbocycles. The fourth-order valence-electron chi connectivity index (χ4n) is 4.65. The molecule has 3 heterocycles. The lowest BCUT2D eigenvalue weighted by atomic mass is 10.1. The van der Waals surface area contributed by atoms with Gasteiger partial charge in [0.05, 0.1) is 22.0 Å². The summed E-state index contributed by atoms with van der Waals surface area (Å²) < 4.78 is 55.0. The molecule has 0 aliphatic carbocycles. The Balaban J connectivity index is 1.33. The number of hydrogen-bond donors (Lipinski definition) is 2. The average Bonchev–Trinajstić information content (AvgIpc) is 2.99. The van der Waals surface area contributed by atoms with E-state index in [4.69, 9.17) is 21.1 Å². The quantitative estimate of drug-likeness (QED) is 0.212. The second-order valence-corrected chi connectivity index (χ2v) is 13.3. The van der Waals surface area contributed by atoms with E-state index < -0.39 is 21.4 Å². The molecule has 1 aliphatic heterocycles. The van der Waals surface area contributed by atoms with Crippen molar-refractivity contribution in [1.82, 2.24) is 19.9 Å². The minimum atomic E-state index is -4.19.